The van der Waals surface area contributed by atoms with Crippen LogP contribution in [0.15, 0.2) is 27.2 Å². The first kappa shape index (κ1) is 15.1. The molecular weight excluding hydrogens is 344 g/mol. The fraction of sp³-hybridized carbons (Fsp3) is 0.417. The van der Waals surface area contributed by atoms with Crippen LogP contribution in [0, 0.1) is 0 Å². The number of hydroxylamine groups is 2. The molecular formula is C12H12N4O7S. The van der Waals surface area contributed by atoms with Crippen LogP contribution in [-0.2, 0) is 14.7 Å². The molecule has 128 valence electrons. The molecule has 2 bridgehead atoms. The Morgan fingerprint density at radius 3 is 2.88 bits per heavy atom. The number of urea groups is 1. The van der Waals surface area contributed by atoms with Crippen molar-refractivity contribution in [1.82, 2.24) is 20.2 Å². The summed E-state index contributed by atoms with van der Waals surface area (Å²) >= 11 is 0. The zero-order valence-corrected chi connectivity index (χ0v) is 12.9. The highest BCUT2D eigenvalue weighted by molar-refractivity contribution is 7.80. The van der Waals surface area contributed by atoms with E-state index in [9.17, 15) is 13.2 Å². The summed E-state index contributed by atoms with van der Waals surface area (Å²) in [5.74, 6) is 0.822. The smallest absolute Gasteiger partial charge is 0.418 e. The van der Waals surface area contributed by atoms with Gasteiger partial charge in [-0.05, 0) is 25.0 Å². The molecule has 2 aromatic heterocycles. The summed E-state index contributed by atoms with van der Waals surface area (Å²) in [4.78, 5) is 13.7. The Hall–Kier alpha value is -2.44. The molecule has 0 saturated carbocycles. The second-order valence-electron chi connectivity index (χ2n) is 5.43. The number of amides is 2. The summed E-state index contributed by atoms with van der Waals surface area (Å²) in [6.45, 7) is 0.234. The number of furan rings is 1. The van der Waals surface area contributed by atoms with Crippen molar-refractivity contribution in [2.24, 2.45) is 0 Å². The molecule has 1 N–H and O–H groups in total. The zero-order chi connectivity index (χ0) is 16.9. The second-order valence-corrected chi connectivity index (χ2v) is 6.44. The molecule has 2 atom stereocenters. The van der Waals surface area contributed by atoms with Gasteiger partial charge in [-0.1, -0.05) is 0 Å². The maximum atomic E-state index is 12.3. The molecule has 4 heterocycles. The van der Waals surface area contributed by atoms with Gasteiger partial charge in [-0.2, -0.15) is 13.5 Å². The van der Waals surface area contributed by atoms with Crippen molar-refractivity contribution in [2.45, 2.75) is 24.9 Å². The van der Waals surface area contributed by atoms with Crippen LogP contribution in [-0.4, -0.2) is 51.7 Å². The first-order chi connectivity index (χ1) is 11.4. The van der Waals surface area contributed by atoms with Crippen molar-refractivity contribution in [3.63, 3.8) is 0 Å². The van der Waals surface area contributed by atoms with E-state index in [4.69, 9.17) is 13.4 Å². The van der Waals surface area contributed by atoms with E-state index in [0.29, 0.717) is 23.7 Å². The molecule has 2 aliphatic heterocycles. The number of hydrogen-bond acceptors (Lipinski definition) is 8. The van der Waals surface area contributed by atoms with Crippen LogP contribution in [0.2, 0.25) is 0 Å². The second kappa shape index (κ2) is 5.29. The standard InChI is InChI=1S/C12H12N4O7S/c17-12-15-6-7(16(12)23-24(18,19)20)3-4-8(15)10-13-14-11(22-10)9-2-1-5-21-9/h1-2,5,7-8H,3-4,6H2,(H,18,19,20)/t7-,8?/m1/s1. The van der Waals surface area contributed by atoms with Crippen LogP contribution < -0.4 is 0 Å². The number of carbonyl (C=O) groups excluding carboxylic acids is 1. The van der Waals surface area contributed by atoms with Gasteiger partial charge in [0.05, 0.1) is 12.3 Å². The van der Waals surface area contributed by atoms with Crippen LogP contribution in [0.1, 0.15) is 24.8 Å². The number of fused-ring (bicyclic) bond motifs is 2. The van der Waals surface area contributed by atoms with Crippen LogP contribution in [0.4, 0.5) is 4.79 Å². The van der Waals surface area contributed by atoms with Crippen LogP contribution >= 0.6 is 0 Å². The van der Waals surface area contributed by atoms with Crippen molar-refractivity contribution in [3.05, 3.63) is 24.3 Å². The Bertz CT molecular complexity index is 862. The van der Waals surface area contributed by atoms with Gasteiger partial charge >= 0.3 is 16.4 Å². The number of rotatable bonds is 4. The molecule has 0 aliphatic carbocycles. The number of nitrogens with zero attached hydrogens (tertiary/aromatic N) is 4. The van der Waals surface area contributed by atoms with Crippen molar-refractivity contribution >= 4 is 16.4 Å². The van der Waals surface area contributed by atoms with Crippen molar-refractivity contribution in [3.8, 4) is 11.7 Å². The van der Waals surface area contributed by atoms with Gasteiger partial charge in [-0.3, -0.25) is 4.55 Å². The minimum Gasteiger partial charge on any atom is -0.459 e. The van der Waals surface area contributed by atoms with Crippen molar-refractivity contribution in [1.29, 1.82) is 0 Å². The molecule has 4 rings (SSSR count). The Morgan fingerprint density at radius 1 is 1.33 bits per heavy atom. The highest BCUT2D eigenvalue weighted by Crippen LogP contribution is 2.38. The molecule has 0 radical (unpaired) electrons. The van der Waals surface area contributed by atoms with E-state index in [2.05, 4.69) is 14.5 Å². The fourth-order valence-corrected chi connectivity index (χ4v) is 3.35. The quantitative estimate of drug-likeness (QED) is 0.795. The summed E-state index contributed by atoms with van der Waals surface area (Å²) in [5.41, 5.74) is 0. The molecule has 2 amide bonds. The monoisotopic (exact) mass is 356 g/mol. The Kier molecular flexibility index (Phi) is 3.33. The average Bonchev–Trinajstić information content (AvgIpc) is 3.24. The van der Waals surface area contributed by atoms with Gasteiger partial charge in [0.15, 0.2) is 5.76 Å². The van der Waals surface area contributed by atoms with Crippen LogP contribution in [0.5, 0.6) is 0 Å². The van der Waals surface area contributed by atoms with Crippen LogP contribution in [0.3, 0.4) is 0 Å². The molecule has 2 aromatic rings. The Labute approximate surface area is 135 Å². The number of carbonyl (C=O) groups is 1. The van der Waals surface area contributed by atoms with Crippen molar-refractivity contribution < 1.29 is 30.9 Å². The maximum absolute atomic E-state index is 12.3. The fourth-order valence-electron chi connectivity index (χ4n) is 2.96. The van der Waals surface area contributed by atoms with Crippen molar-refractivity contribution in [2.75, 3.05) is 6.54 Å². The predicted octanol–water partition coefficient (Wildman–Crippen LogP) is 1.01. The third kappa shape index (κ3) is 2.53. The third-order valence-electron chi connectivity index (χ3n) is 3.96. The highest BCUT2D eigenvalue weighted by atomic mass is 32.3. The molecule has 2 aliphatic rings. The topological polar surface area (TPSA) is 139 Å². The van der Waals surface area contributed by atoms with Gasteiger partial charge in [0.1, 0.15) is 6.04 Å². The molecule has 2 saturated heterocycles. The van der Waals surface area contributed by atoms with Gasteiger partial charge in [-0.25, -0.2) is 4.79 Å². The lowest BCUT2D eigenvalue weighted by Gasteiger charge is -2.27. The highest BCUT2D eigenvalue weighted by Gasteiger charge is 2.49. The molecule has 12 heteroatoms. The first-order valence-electron chi connectivity index (χ1n) is 7.06. The normalized spacial score (nSPS) is 24.0. The Balaban J connectivity index is 1.58. The first-order valence-corrected chi connectivity index (χ1v) is 8.43. The number of hydrogen-bond donors (Lipinski definition) is 1. The number of aromatic nitrogens is 2. The van der Waals surface area contributed by atoms with E-state index < -0.39 is 28.5 Å². The molecule has 0 spiro atoms. The SMILES string of the molecule is O=C1N2C[C@@H](CCC2c2nnc(-c3ccco3)o2)N1OS(=O)(=O)O. The van der Waals surface area contributed by atoms with E-state index in [1.54, 1.807) is 12.1 Å². The van der Waals surface area contributed by atoms with E-state index in [0.717, 1.165) is 0 Å². The van der Waals surface area contributed by atoms with Gasteiger partial charge in [0.2, 0.25) is 5.89 Å². The number of piperidine rings is 1. The van der Waals surface area contributed by atoms with Gasteiger partial charge < -0.3 is 13.7 Å². The average molecular weight is 356 g/mol. The van der Waals surface area contributed by atoms with E-state index in [-0.39, 0.29) is 18.3 Å². The lowest BCUT2D eigenvalue weighted by molar-refractivity contribution is -0.0317. The summed E-state index contributed by atoms with van der Waals surface area (Å²) in [6, 6.07) is 1.69. The summed E-state index contributed by atoms with van der Waals surface area (Å²) in [5, 5.41) is 8.51. The summed E-state index contributed by atoms with van der Waals surface area (Å²) in [7, 11) is -4.77. The van der Waals surface area contributed by atoms with Crippen LogP contribution in [0.25, 0.3) is 11.7 Å². The lowest BCUT2D eigenvalue weighted by Crippen LogP contribution is -2.35. The lowest BCUT2D eigenvalue weighted by atomic mass is 10.0. The third-order valence-corrected chi connectivity index (χ3v) is 4.30. The Morgan fingerprint density at radius 2 is 2.17 bits per heavy atom. The summed E-state index contributed by atoms with van der Waals surface area (Å²) in [6.07, 6.45) is 2.42. The zero-order valence-electron chi connectivity index (χ0n) is 12.1. The van der Waals surface area contributed by atoms with E-state index >= 15 is 0 Å². The van der Waals surface area contributed by atoms with Gasteiger partial charge in [0.25, 0.3) is 5.89 Å². The van der Waals surface area contributed by atoms with E-state index in [1.165, 1.54) is 11.2 Å². The molecule has 0 aromatic carbocycles. The molecule has 1 unspecified atom stereocenters. The van der Waals surface area contributed by atoms with E-state index in [1.807, 2.05) is 0 Å². The van der Waals surface area contributed by atoms with Gasteiger partial charge in [-0.15, -0.1) is 14.5 Å². The van der Waals surface area contributed by atoms with Gasteiger partial charge in [0, 0.05) is 6.54 Å². The molecule has 24 heavy (non-hydrogen) atoms. The summed E-state index contributed by atoms with van der Waals surface area (Å²) < 4.78 is 45.7. The predicted molar refractivity (Wildman–Crippen MR) is 74.3 cm³/mol. The maximum Gasteiger partial charge on any atom is 0.418 e. The largest absolute Gasteiger partial charge is 0.459 e. The minimum absolute atomic E-state index is 0.190. The minimum atomic E-state index is -4.77. The molecule has 2 fully saturated rings. The molecule has 11 nitrogen and oxygen atoms in total.